The SMILES string of the molecule is Cc1cccc(CSc2ccc(N)cc2)c1. The van der Waals surface area contributed by atoms with Crippen molar-refractivity contribution in [2.45, 2.75) is 17.6 Å². The lowest BCUT2D eigenvalue weighted by molar-refractivity contribution is 1.34. The predicted octanol–water partition coefficient (Wildman–Crippen LogP) is 3.87. The van der Waals surface area contributed by atoms with Gasteiger partial charge in [-0.1, -0.05) is 29.8 Å². The van der Waals surface area contributed by atoms with Crippen LogP contribution in [0.5, 0.6) is 0 Å². The minimum atomic E-state index is 0.819. The fourth-order valence-electron chi connectivity index (χ4n) is 1.53. The van der Waals surface area contributed by atoms with E-state index < -0.39 is 0 Å². The normalized spacial score (nSPS) is 10.3. The molecule has 0 saturated heterocycles. The summed E-state index contributed by atoms with van der Waals surface area (Å²) < 4.78 is 0. The highest BCUT2D eigenvalue weighted by atomic mass is 32.2. The van der Waals surface area contributed by atoms with Crippen LogP contribution in [-0.2, 0) is 5.75 Å². The molecule has 2 aromatic rings. The average Bonchev–Trinajstić information content (AvgIpc) is 2.28. The third kappa shape index (κ3) is 3.04. The molecule has 2 rings (SSSR count). The fraction of sp³-hybridized carbons (Fsp3) is 0.143. The Hall–Kier alpha value is -1.41. The lowest BCUT2D eigenvalue weighted by Gasteiger charge is -2.03. The van der Waals surface area contributed by atoms with Gasteiger partial charge in [0, 0.05) is 16.3 Å². The first-order chi connectivity index (χ1) is 7.74. The molecule has 2 aromatic carbocycles. The molecule has 0 bridgehead atoms. The maximum Gasteiger partial charge on any atom is 0.0314 e. The zero-order valence-corrected chi connectivity index (χ0v) is 10.1. The monoisotopic (exact) mass is 229 g/mol. The van der Waals surface area contributed by atoms with Gasteiger partial charge in [-0.05, 0) is 36.8 Å². The highest BCUT2D eigenvalue weighted by Crippen LogP contribution is 2.23. The van der Waals surface area contributed by atoms with E-state index in [4.69, 9.17) is 5.73 Å². The largest absolute Gasteiger partial charge is 0.399 e. The smallest absolute Gasteiger partial charge is 0.0314 e. The molecule has 82 valence electrons. The van der Waals surface area contributed by atoms with Crippen molar-refractivity contribution >= 4 is 17.4 Å². The average molecular weight is 229 g/mol. The maximum absolute atomic E-state index is 5.64. The van der Waals surface area contributed by atoms with Gasteiger partial charge in [0.15, 0.2) is 0 Å². The highest BCUT2D eigenvalue weighted by Gasteiger charge is 1.96. The topological polar surface area (TPSA) is 26.0 Å². The van der Waals surface area contributed by atoms with Crippen LogP contribution in [0, 0.1) is 6.92 Å². The molecule has 0 amide bonds. The van der Waals surface area contributed by atoms with E-state index in [1.165, 1.54) is 16.0 Å². The number of benzene rings is 2. The summed E-state index contributed by atoms with van der Waals surface area (Å²) in [5, 5.41) is 0. The quantitative estimate of drug-likeness (QED) is 0.638. The predicted molar refractivity (Wildman–Crippen MR) is 71.6 cm³/mol. The Morgan fingerprint density at radius 1 is 1.06 bits per heavy atom. The van der Waals surface area contributed by atoms with E-state index in [1.54, 1.807) is 0 Å². The van der Waals surface area contributed by atoms with E-state index >= 15 is 0 Å². The van der Waals surface area contributed by atoms with Crippen molar-refractivity contribution in [1.82, 2.24) is 0 Å². The Morgan fingerprint density at radius 3 is 2.50 bits per heavy atom. The zero-order chi connectivity index (χ0) is 11.4. The number of aryl methyl sites for hydroxylation is 1. The maximum atomic E-state index is 5.64. The summed E-state index contributed by atoms with van der Waals surface area (Å²) in [6.45, 7) is 2.12. The van der Waals surface area contributed by atoms with Gasteiger partial charge >= 0.3 is 0 Å². The van der Waals surface area contributed by atoms with Crippen LogP contribution >= 0.6 is 11.8 Å². The van der Waals surface area contributed by atoms with Crippen LogP contribution in [0.3, 0.4) is 0 Å². The van der Waals surface area contributed by atoms with E-state index in [0.717, 1.165) is 11.4 Å². The van der Waals surface area contributed by atoms with Crippen molar-refractivity contribution in [1.29, 1.82) is 0 Å². The lowest BCUT2D eigenvalue weighted by atomic mass is 10.2. The molecular weight excluding hydrogens is 214 g/mol. The number of hydrogen-bond donors (Lipinski definition) is 1. The number of rotatable bonds is 3. The summed E-state index contributed by atoms with van der Waals surface area (Å²) in [6, 6.07) is 16.6. The summed E-state index contributed by atoms with van der Waals surface area (Å²) >= 11 is 1.84. The molecule has 0 aliphatic rings. The molecule has 0 aliphatic heterocycles. The van der Waals surface area contributed by atoms with Crippen molar-refractivity contribution in [3.63, 3.8) is 0 Å². The number of nitrogen functional groups attached to an aromatic ring is 1. The van der Waals surface area contributed by atoms with Gasteiger partial charge < -0.3 is 5.73 Å². The minimum absolute atomic E-state index is 0.819. The third-order valence-corrected chi connectivity index (χ3v) is 3.45. The molecule has 2 N–H and O–H groups in total. The van der Waals surface area contributed by atoms with E-state index in [2.05, 4.69) is 43.3 Å². The molecule has 0 atom stereocenters. The van der Waals surface area contributed by atoms with Gasteiger partial charge in [0.1, 0.15) is 0 Å². The van der Waals surface area contributed by atoms with Crippen molar-refractivity contribution in [2.75, 3.05) is 5.73 Å². The zero-order valence-electron chi connectivity index (χ0n) is 9.31. The number of anilines is 1. The van der Waals surface area contributed by atoms with E-state index in [0.29, 0.717) is 0 Å². The third-order valence-electron chi connectivity index (χ3n) is 2.37. The Kier molecular flexibility index (Phi) is 3.52. The summed E-state index contributed by atoms with van der Waals surface area (Å²) in [6.07, 6.45) is 0. The van der Waals surface area contributed by atoms with Crippen molar-refractivity contribution < 1.29 is 0 Å². The minimum Gasteiger partial charge on any atom is -0.399 e. The fourth-order valence-corrected chi connectivity index (χ4v) is 2.37. The van der Waals surface area contributed by atoms with E-state index in [9.17, 15) is 0 Å². The van der Waals surface area contributed by atoms with Crippen LogP contribution in [0.1, 0.15) is 11.1 Å². The molecule has 2 heteroatoms. The van der Waals surface area contributed by atoms with E-state index in [1.807, 2.05) is 23.9 Å². The first-order valence-electron chi connectivity index (χ1n) is 5.28. The first-order valence-corrected chi connectivity index (χ1v) is 6.26. The van der Waals surface area contributed by atoms with Gasteiger partial charge in [-0.3, -0.25) is 0 Å². The van der Waals surface area contributed by atoms with Gasteiger partial charge in [-0.15, -0.1) is 11.8 Å². The Balaban J connectivity index is 1.99. The first kappa shape index (κ1) is 11.1. The molecular formula is C14H15NS. The lowest BCUT2D eigenvalue weighted by Crippen LogP contribution is -1.84. The molecule has 0 spiro atoms. The molecule has 0 fully saturated rings. The second-order valence-electron chi connectivity index (χ2n) is 3.85. The molecule has 16 heavy (non-hydrogen) atoms. The van der Waals surface area contributed by atoms with Gasteiger partial charge in [0.25, 0.3) is 0 Å². The standard InChI is InChI=1S/C14H15NS/c1-11-3-2-4-12(9-11)10-16-14-7-5-13(15)6-8-14/h2-9H,10,15H2,1H3. The number of thioether (sulfide) groups is 1. The number of hydrogen-bond acceptors (Lipinski definition) is 2. The van der Waals surface area contributed by atoms with Crippen molar-refractivity contribution in [3.8, 4) is 0 Å². The molecule has 0 aromatic heterocycles. The molecule has 0 saturated carbocycles. The molecule has 1 nitrogen and oxygen atoms in total. The molecule has 0 aliphatic carbocycles. The summed E-state index contributed by atoms with van der Waals surface area (Å²) in [4.78, 5) is 1.26. The second-order valence-corrected chi connectivity index (χ2v) is 4.90. The summed E-state index contributed by atoms with van der Waals surface area (Å²) in [7, 11) is 0. The molecule has 0 radical (unpaired) electrons. The molecule has 0 heterocycles. The van der Waals surface area contributed by atoms with E-state index in [-0.39, 0.29) is 0 Å². The summed E-state index contributed by atoms with van der Waals surface area (Å²) in [5.41, 5.74) is 9.14. The van der Waals surface area contributed by atoms with Crippen LogP contribution < -0.4 is 5.73 Å². The summed E-state index contributed by atoms with van der Waals surface area (Å²) in [5.74, 6) is 1.01. The van der Waals surface area contributed by atoms with Crippen LogP contribution in [0.25, 0.3) is 0 Å². The van der Waals surface area contributed by atoms with Crippen molar-refractivity contribution in [3.05, 3.63) is 59.7 Å². The van der Waals surface area contributed by atoms with Crippen LogP contribution in [0.15, 0.2) is 53.4 Å². The Labute approximate surface area is 101 Å². The van der Waals surface area contributed by atoms with Crippen LogP contribution in [-0.4, -0.2) is 0 Å². The Bertz CT molecular complexity index is 462. The van der Waals surface area contributed by atoms with Crippen molar-refractivity contribution in [2.24, 2.45) is 0 Å². The van der Waals surface area contributed by atoms with Gasteiger partial charge in [0.05, 0.1) is 0 Å². The molecule has 0 unspecified atom stereocenters. The van der Waals surface area contributed by atoms with Gasteiger partial charge in [-0.25, -0.2) is 0 Å². The highest BCUT2D eigenvalue weighted by molar-refractivity contribution is 7.98. The van der Waals surface area contributed by atoms with Crippen LogP contribution in [0.2, 0.25) is 0 Å². The Morgan fingerprint density at radius 2 is 1.81 bits per heavy atom. The van der Waals surface area contributed by atoms with Gasteiger partial charge in [-0.2, -0.15) is 0 Å². The van der Waals surface area contributed by atoms with Crippen LogP contribution in [0.4, 0.5) is 5.69 Å². The number of nitrogens with two attached hydrogens (primary N) is 1. The van der Waals surface area contributed by atoms with Gasteiger partial charge in [0.2, 0.25) is 0 Å². The second kappa shape index (κ2) is 5.08.